The highest BCUT2D eigenvalue weighted by molar-refractivity contribution is 7.91. The molecular formula is C20H25NO3S2. The largest absolute Gasteiger partial charge is 0.344 e. The first kappa shape index (κ1) is 19.1. The lowest BCUT2D eigenvalue weighted by atomic mass is 9.98. The van der Waals surface area contributed by atoms with Crippen molar-refractivity contribution in [3.05, 3.63) is 57.8 Å². The Morgan fingerprint density at radius 1 is 1.19 bits per heavy atom. The third-order valence-electron chi connectivity index (χ3n) is 4.87. The molecule has 1 aromatic carbocycles. The summed E-state index contributed by atoms with van der Waals surface area (Å²) in [4.78, 5) is 13.6. The molecule has 4 nitrogen and oxygen atoms in total. The molecule has 1 aromatic heterocycles. The van der Waals surface area contributed by atoms with Crippen LogP contribution in [0.2, 0.25) is 0 Å². The number of rotatable bonds is 6. The van der Waals surface area contributed by atoms with E-state index in [-0.39, 0.29) is 35.8 Å². The number of thiophene rings is 1. The van der Waals surface area contributed by atoms with Crippen LogP contribution in [0.15, 0.2) is 41.8 Å². The molecule has 1 aliphatic heterocycles. The lowest BCUT2D eigenvalue weighted by Gasteiger charge is -2.20. The Morgan fingerprint density at radius 2 is 1.88 bits per heavy atom. The molecule has 1 saturated heterocycles. The zero-order valence-corrected chi connectivity index (χ0v) is 16.8. The molecule has 1 aliphatic rings. The Kier molecular flexibility index (Phi) is 5.82. The van der Waals surface area contributed by atoms with Crippen molar-refractivity contribution in [1.29, 1.82) is 0 Å². The Bertz CT molecular complexity index is 840. The van der Waals surface area contributed by atoms with E-state index in [9.17, 15) is 13.2 Å². The summed E-state index contributed by atoms with van der Waals surface area (Å²) in [6.07, 6.45) is 0.855. The van der Waals surface area contributed by atoms with Gasteiger partial charge in [-0.2, -0.15) is 0 Å². The summed E-state index contributed by atoms with van der Waals surface area (Å²) in [5.74, 6) is 0.650. The second kappa shape index (κ2) is 7.92. The van der Waals surface area contributed by atoms with Crippen molar-refractivity contribution in [3.63, 3.8) is 0 Å². The van der Waals surface area contributed by atoms with Gasteiger partial charge in [0.05, 0.1) is 17.5 Å². The molecule has 0 aliphatic carbocycles. The van der Waals surface area contributed by atoms with Crippen LogP contribution in [0, 0.1) is 5.92 Å². The highest BCUT2D eigenvalue weighted by atomic mass is 32.2. The predicted molar refractivity (Wildman–Crippen MR) is 106 cm³/mol. The van der Waals surface area contributed by atoms with Crippen LogP contribution in [0.3, 0.4) is 0 Å². The minimum Gasteiger partial charge on any atom is -0.344 e. The fourth-order valence-electron chi connectivity index (χ4n) is 3.36. The van der Waals surface area contributed by atoms with Gasteiger partial charge in [0.2, 0.25) is 5.91 Å². The summed E-state index contributed by atoms with van der Waals surface area (Å²) in [7, 11) is -2.96. The predicted octanol–water partition coefficient (Wildman–Crippen LogP) is 3.90. The number of amides is 1. The molecule has 26 heavy (non-hydrogen) atoms. The van der Waals surface area contributed by atoms with Gasteiger partial charge >= 0.3 is 0 Å². The normalized spacial score (nSPS) is 20.2. The number of sulfone groups is 1. The van der Waals surface area contributed by atoms with E-state index >= 15 is 0 Å². The molecule has 0 bridgehead atoms. The number of hydrogen-bond acceptors (Lipinski definition) is 4. The first-order valence-electron chi connectivity index (χ1n) is 8.97. The topological polar surface area (TPSA) is 63.2 Å². The van der Waals surface area contributed by atoms with Crippen LogP contribution in [-0.2, 0) is 14.6 Å². The standard InChI is InChI=1S/C20H25NO3S2/c1-14(2)16-5-7-17(8-6-16)20(18-4-3-10-25-18)21-19(22)12-15-9-11-26(23,24)13-15/h3-8,10,14-15,20H,9,11-13H2,1-2H3,(H,21,22). The first-order valence-corrected chi connectivity index (χ1v) is 11.7. The summed E-state index contributed by atoms with van der Waals surface area (Å²) >= 11 is 1.61. The van der Waals surface area contributed by atoms with Crippen molar-refractivity contribution in [1.82, 2.24) is 5.32 Å². The lowest BCUT2D eigenvalue weighted by molar-refractivity contribution is -0.122. The molecule has 2 atom stereocenters. The fourth-order valence-corrected chi connectivity index (χ4v) is 6.03. The molecule has 2 aromatic rings. The molecule has 1 fully saturated rings. The second-order valence-electron chi connectivity index (χ2n) is 7.31. The smallest absolute Gasteiger partial charge is 0.221 e. The number of carbonyl (C=O) groups is 1. The molecule has 140 valence electrons. The van der Waals surface area contributed by atoms with Crippen LogP contribution >= 0.6 is 11.3 Å². The van der Waals surface area contributed by atoms with Crippen LogP contribution < -0.4 is 5.32 Å². The van der Waals surface area contributed by atoms with E-state index in [2.05, 4.69) is 43.4 Å². The molecule has 2 heterocycles. The van der Waals surface area contributed by atoms with Crippen LogP contribution in [0.25, 0.3) is 0 Å². The van der Waals surface area contributed by atoms with Gasteiger partial charge in [-0.05, 0) is 40.8 Å². The van der Waals surface area contributed by atoms with E-state index < -0.39 is 9.84 Å². The van der Waals surface area contributed by atoms with Gasteiger partial charge in [0, 0.05) is 11.3 Å². The average molecular weight is 392 g/mol. The molecule has 1 N–H and O–H groups in total. The van der Waals surface area contributed by atoms with Gasteiger partial charge in [-0.15, -0.1) is 11.3 Å². The molecule has 6 heteroatoms. The van der Waals surface area contributed by atoms with Gasteiger partial charge in [-0.1, -0.05) is 44.2 Å². The van der Waals surface area contributed by atoms with Crippen molar-refractivity contribution in [2.24, 2.45) is 5.92 Å². The molecule has 1 amide bonds. The van der Waals surface area contributed by atoms with Crippen LogP contribution in [0.5, 0.6) is 0 Å². The van der Waals surface area contributed by atoms with Crippen molar-refractivity contribution >= 4 is 27.1 Å². The van der Waals surface area contributed by atoms with E-state index in [1.54, 1.807) is 11.3 Å². The van der Waals surface area contributed by atoms with E-state index in [0.717, 1.165) is 10.4 Å². The van der Waals surface area contributed by atoms with E-state index in [1.165, 1.54) is 5.56 Å². The van der Waals surface area contributed by atoms with Gasteiger partial charge in [0.15, 0.2) is 9.84 Å². The number of carbonyl (C=O) groups excluding carboxylic acids is 1. The van der Waals surface area contributed by atoms with Gasteiger partial charge in [-0.25, -0.2) is 8.42 Å². The van der Waals surface area contributed by atoms with Crippen LogP contribution in [0.1, 0.15) is 54.7 Å². The first-order chi connectivity index (χ1) is 12.3. The Labute approximate surface area is 159 Å². The summed E-state index contributed by atoms with van der Waals surface area (Å²) in [5, 5.41) is 5.12. The number of nitrogens with one attached hydrogen (secondary N) is 1. The Hall–Kier alpha value is -1.66. The zero-order chi connectivity index (χ0) is 18.7. The highest BCUT2D eigenvalue weighted by Gasteiger charge is 2.30. The van der Waals surface area contributed by atoms with E-state index in [1.807, 2.05) is 17.5 Å². The quantitative estimate of drug-likeness (QED) is 0.812. The van der Waals surface area contributed by atoms with Gasteiger partial charge in [-0.3, -0.25) is 4.79 Å². The van der Waals surface area contributed by atoms with Crippen molar-refractivity contribution in [3.8, 4) is 0 Å². The van der Waals surface area contributed by atoms with E-state index in [0.29, 0.717) is 12.3 Å². The molecule has 3 rings (SSSR count). The maximum Gasteiger partial charge on any atom is 0.221 e. The number of benzene rings is 1. The second-order valence-corrected chi connectivity index (χ2v) is 10.5. The Balaban J connectivity index is 1.74. The monoisotopic (exact) mass is 391 g/mol. The average Bonchev–Trinajstić information content (AvgIpc) is 3.22. The number of hydrogen-bond donors (Lipinski definition) is 1. The summed E-state index contributed by atoms with van der Waals surface area (Å²) < 4.78 is 23.2. The SMILES string of the molecule is CC(C)c1ccc(C(NC(=O)CC2CCS(=O)(=O)C2)c2cccs2)cc1. The molecular weight excluding hydrogens is 366 g/mol. The maximum absolute atomic E-state index is 12.6. The zero-order valence-electron chi connectivity index (χ0n) is 15.1. The molecule has 0 saturated carbocycles. The van der Waals surface area contributed by atoms with E-state index in [4.69, 9.17) is 0 Å². The van der Waals surface area contributed by atoms with Crippen molar-refractivity contribution in [2.45, 2.75) is 38.6 Å². The summed E-state index contributed by atoms with van der Waals surface area (Å²) in [6, 6.07) is 12.2. The third-order valence-corrected chi connectivity index (χ3v) is 7.64. The molecule has 0 radical (unpaired) electrons. The Morgan fingerprint density at radius 3 is 2.42 bits per heavy atom. The minimum atomic E-state index is -2.96. The minimum absolute atomic E-state index is 0.0627. The molecule has 0 spiro atoms. The van der Waals surface area contributed by atoms with Crippen LogP contribution in [0.4, 0.5) is 0 Å². The van der Waals surface area contributed by atoms with Crippen molar-refractivity contribution < 1.29 is 13.2 Å². The lowest BCUT2D eigenvalue weighted by Crippen LogP contribution is -2.30. The van der Waals surface area contributed by atoms with Gasteiger partial charge < -0.3 is 5.32 Å². The van der Waals surface area contributed by atoms with Gasteiger partial charge in [0.1, 0.15) is 0 Å². The third kappa shape index (κ3) is 4.74. The van der Waals surface area contributed by atoms with Crippen LogP contribution in [-0.4, -0.2) is 25.8 Å². The fraction of sp³-hybridized carbons (Fsp3) is 0.450. The van der Waals surface area contributed by atoms with Gasteiger partial charge in [0.25, 0.3) is 0 Å². The van der Waals surface area contributed by atoms with Crippen molar-refractivity contribution in [2.75, 3.05) is 11.5 Å². The summed E-state index contributed by atoms with van der Waals surface area (Å²) in [6.45, 7) is 4.31. The molecule has 2 unspecified atom stereocenters. The maximum atomic E-state index is 12.6. The summed E-state index contributed by atoms with van der Waals surface area (Å²) in [5.41, 5.74) is 2.31. The highest BCUT2D eigenvalue weighted by Crippen LogP contribution is 2.28.